The van der Waals surface area contributed by atoms with Crippen molar-refractivity contribution in [2.24, 2.45) is 5.92 Å². The zero-order chi connectivity index (χ0) is 19.5. The van der Waals surface area contributed by atoms with Crippen LogP contribution in [0.2, 0.25) is 0 Å². The van der Waals surface area contributed by atoms with E-state index >= 15 is 0 Å². The number of hydrogen-bond acceptors (Lipinski definition) is 5. The number of rotatable bonds is 6. The Morgan fingerprint density at radius 3 is 2.82 bits per heavy atom. The van der Waals surface area contributed by atoms with Gasteiger partial charge in [0.15, 0.2) is 0 Å². The van der Waals surface area contributed by atoms with Crippen molar-refractivity contribution in [1.82, 2.24) is 14.8 Å². The van der Waals surface area contributed by atoms with E-state index < -0.39 is 0 Å². The lowest BCUT2D eigenvalue weighted by atomic mass is 9.95. The molecule has 0 unspecified atom stereocenters. The number of amides is 1. The molecular weight excluding hydrogens is 354 g/mol. The highest BCUT2D eigenvalue weighted by Crippen LogP contribution is 2.28. The monoisotopic (exact) mass is 383 g/mol. The molecule has 3 saturated heterocycles. The number of nitrogens with zero attached hydrogens (tertiary/aromatic N) is 3. The Morgan fingerprint density at radius 1 is 1.21 bits per heavy atom. The van der Waals surface area contributed by atoms with Crippen LogP contribution < -0.4 is 0 Å². The predicted octanol–water partition coefficient (Wildman–Crippen LogP) is 2.76. The first kappa shape index (κ1) is 19.2. The van der Waals surface area contributed by atoms with Crippen molar-refractivity contribution in [1.29, 1.82) is 0 Å². The SMILES string of the molecule is COCCN1C[C@@H]2CC[C@H]1CN(C(=O)Cc1nc(-c3ccccc3)oc1C)C2. The van der Waals surface area contributed by atoms with Crippen molar-refractivity contribution in [3.63, 3.8) is 0 Å². The molecule has 28 heavy (non-hydrogen) atoms. The number of piperidine rings is 1. The van der Waals surface area contributed by atoms with Gasteiger partial charge in [-0.3, -0.25) is 9.69 Å². The molecule has 4 heterocycles. The average molecular weight is 383 g/mol. The highest BCUT2D eigenvalue weighted by Gasteiger charge is 2.36. The summed E-state index contributed by atoms with van der Waals surface area (Å²) < 4.78 is 11.1. The summed E-state index contributed by atoms with van der Waals surface area (Å²) in [5.41, 5.74) is 1.68. The third kappa shape index (κ3) is 4.13. The summed E-state index contributed by atoms with van der Waals surface area (Å²) >= 11 is 0. The summed E-state index contributed by atoms with van der Waals surface area (Å²) in [6, 6.07) is 10.3. The van der Waals surface area contributed by atoms with E-state index in [-0.39, 0.29) is 5.91 Å². The van der Waals surface area contributed by atoms with Crippen molar-refractivity contribution in [2.45, 2.75) is 32.2 Å². The average Bonchev–Trinajstić information content (AvgIpc) is 2.88. The first-order valence-electron chi connectivity index (χ1n) is 10.2. The zero-order valence-corrected chi connectivity index (χ0v) is 16.8. The van der Waals surface area contributed by atoms with Crippen LogP contribution in [-0.4, -0.2) is 66.6 Å². The molecule has 2 aromatic rings. The Bertz CT molecular complexity index is 805. The van der Waals surface area contributed by atoms with E-state index in [1.54, 1.807) is 7.11 Å². The Labute approximate surface area is 166 Å². The van der Waals surface area contributed by atoms with Crippen LogP contribution in [0.3, 0.4) is 0 Å². The topological polar surface area (TPSA) is 58.8 Å². The molecule has 0 N–H and O–H groups in total. The second-order valence-electron chi connectivity index (χ2n) is 7.95. The minimum atomic E-state index is 0.154. The molecule has 6 heteroatoms. The van der Waals surface area contributed by atoms with Gasteiger partial charge in [0.2, 0.25) is 11.8 Å². The van der Waals surface area contributed by atoms with Gasteiger partial charge in [-0.1, -0.05) is 18.2 Å². The van der Waals surface area contributed by atoms with Crippen molar-refractivity contribution in [3.8, 4) is 11.5 Å². The molecule has 1 amide bonds. The maximum atomic E-state index is 13.1. The number of aromatic nitrogens is 1. The van der Waals surface area contributed by atoms with E-state index in [2.05, 4.69) is 9.88 Å². The number of fused-ring (bicyclic) bond motifs is 4. The van der Waals surface area contributed by atoms with Gasteiger partial charge in [0.1, 0.15) is 5.76 Å². The maximum absolute atomic E-state index is 13.1. The molecule has 0 aliphatic carbocycles. The summed E-state index contributed by atoms with van der Waals surface area (Å²) in [5.74, 6) is 2.02. The van der Waals surface area contributed by atoms with Crippen LogP contribution in [-0.2, 0) is 16.0 Å². The first-order chi connectivity index (χ1) is 13.6. The zero-order valence-electron chi connectivity index (χ0n) is 16.8. The highest BCUT2D eigenvalue weighted by molar-refractivity contribution is 5.79. The molecule has 1 aromatic heterocycles. The van der Waals surface area contributed by atoms with Gasteiger partial charge in [-0.2, -0.15) is 0 Å². The Hall–Kier alpha value is -2.18. The molecule has 2 atom stereocenters. The summed E-state index contributed by atoms with van der Waals surface area (Å²) in [5, 5.41) is 0. The van der Waals surface area contributed by atoms with Crippen molar-refractivity contribution in [3.05, 3.63) is 41.8 Å². The minimum absolute atomic E-state index is 0.154. The van der Waals surface area contributed by atoms with Gasteiger partial charge in [-0.05, 0) is 37.8 Å². The third-order valence-electron chi connectivity index (χ3n) is 5.99. The number of methoxy groups -OCH3 is 1. The molecule has 0 spiro atoms. The lowest BCUT2D eigenvalue weighted by Crippen LogP contribution is -2.45. The highest BCUT2D eigenvalue weighted by atomic mass is 16.5. The molecular formula is C22H29N3O3. The smallest absolute Gasteiger partial charge is 0.228 e. The Balaban J connectivity index is 1.44. The normalized spacial score (nSPS) is 22.4. The number of oxazole rings is 1. The maximum Gasteiger partial charge on any atom is 0.228 e. The summed E-state index contributed by atoms with van der Waals surface area (Å²) in [6.07, 6.45) is 2.68. The largest absolute Gasteiger partial charge is 0.441 e. The van der Waals surface area contributed by atoms with Crippen molar-refractivity contribution in [2.75, 3.05) is 39.9 Å². The molecule has 2 bridgehead atoms. The van der Waals surface area contributed by atoms with Gasteiger partial charge in [0.25, 0.3) is 0 Å². The number of ether oxygens (including phenoxy) is 1. The van der Waals surface area contributed by atoms with Crippen LogP contribution in [0.25, 0.3) is 11.5 Å². The second kappa shape index (κ2) is 8.45. The van der Waals surface area contributed by atoms with Gasteiger partial charge in [-0.25, -0.2) is 4.98 Å². The van der Waals surface area contributed by atoms with Crippen LogP contribution in [0.4, 0.5) is 0 Å². The Kier molecular flexibility index (Phi) is 5.78. The number of hydrogen-bond donors (Lipinski definition) is 0. The number of aryl methyl sites for hydroxylation is 1. The molecule has 5 rings (SSSR count). The molecule has 0 saturated carbocycles. The second-order valence-corrected chi connectivity index (χ2v) is 7.95. The summed E-state index contributed by atoms with van der Waals surface area (Å²) in [4.78, 5) is 22.2. The van der Waals surface area contributed by atoms with Gasteiger partial charge in [0.05, 0.1) is 18.7 Å². The minimum Gasteiger partial charge on any atom is -0.441 e. The molecule has 0 radical (unpaired) electrons. The number of carbonyl (C=O) groups excluding carboxylic acids is 1. The molecule has 3 aliphatic heterocycles. The third-order valence-corrected chi connectivity index (χ3v) is 5.99. The molecule has 150 valence electrons. The van der Waals surface area contributed by atoms with Crippen LogP contribution in [0.5, 0.6) is 0 Å². The van der Waals surface area contributed by atoms with E-state index in [0.717, 1.165) is 49.8 Å². The molecule has 6 nitrogen and oxygen atoms in total. The number of benzene rings is 1. The van der Waals surface area contributed by atoms with E-state index in [1.165, 1.54) is 12.8 Å². The predicted molar refractivity (Wildman–Crippen MR) is 107 cm³/mol. The van der Waals surface area contributed by atoms with E-state index in [4.69, 9.17) is 9.15 Å². The van der Waals surface area contributed by atoms with Crippen LogP contribution in [0.15, 0.2) is 34.7 Å². The fraction of sp³-hybridized carbons (Fsp3) is 0.545. The van der Waals surface area contributed by atoms with E-state index in [1.807, 2.05) is 42.2 Å². The van der Waals surface area contributed by atoms with E-state index in [9.17, 15) is 4.79 Å². The van der Waals surface area contributed by atoms with Gasteiger partial charge in [0, 0.05) is 44.9 Å². The lowest BCUT2D eigenvalue weighted by Gasteiger charge is -2.35. The van der Waals surface area contributed by atoms with E-state index in [0.29, 0.717) is 24.3 Å². The van der Waals surface area contributed by atoms with Gasteiger partial charge < -0.3 is 14.1 Å². The van der Waals surface area contributed by atoms with Crippen molar-refractivity contribution < 1.29 is 13.9 Å². The standard InChI is InChI=1S/C22H29N3O3/c1-16-20(23-22(28-16)18-6-4-3-5-7-18)12-21(26)25-14-17-8-9-19(15-25)24(13-17)10-11-27-2/h3-7,17,19H,8-15H2,1-2H3/t17-,19-/m0/s1. The van der Waals surface area contributed by atoms with Crippen LogP contribution in [0, 0.1) is 12.8 Å². The molecule has 1 aromatic carbocycles. The first-order valence-corrected chi connectivity index (χ1v) is 10.2. The van der Waals surface area contributed by atoms with Gasteiger partial charge in [-0.15, -0.1) is 0 Å². The van der Waals surface area contributed by atoms with Crippen LogP contribution >= 0.6 is 0 Å². The fourth-order valence-electron chi connectivity index (χ4n) is 4.42. The molecule has 3 aliphatic rings. The van der Waals surface area contributed by atoms with Crippen molar-refractivity contribution >= 4 is 5.91 Å². The molecule has 3 fully saturated rings. The summed E-state index contributed by atoms with van der Waals surface area (Å²) in [7, 11) is 1.75. The lowest BCUT2D eigenvalue weighted by molar-refractivity contribution is -0.130. The van der Waals surface area contributed by atoms with Crippen LogP contribution in [0.1, 0.15) is 24.3 Å². The Morgan fingerprint density at radius 2 is 2.04 bits per heavy atom. The summed E-state index contributed by atoms with van der Waals surface area (Å²) in [6.45, 7) is 6.31. The van der Waals surface area contributed by atoms with Gasteiger partial charge >= 0.3 is 0 Å². The number of carbonyl (C=O) groups is 1. The quantitative estimate of drug-likeness (QED) is 0.768. The fourth-order valence-corrected chi connectivity index (χ4v) is 4.42.